The molecule has 0 bridgehead atoms. The maximum atomic E-state index is 13.8. The number of hydrogen-bond acceptors (Lipinski definition) is 2. The highest BCUT2D eigenvalue weighted by atomic mass is 35.5. The Balaban J connectivity index is 2.02. The van der Waals surface area contributed by atoms with Crippen molar-refractivity contribution < 1.29 is 8.78 Å². The third kappa shape index (κ3) is 4.30. The molecule has 1 aliphatic heterocycles. The Morgan fingerprint density at radius 1 is 1.43 bits per heavy atom. The quantitative estimate of drug-likeness (QED) is 0.858. The SMILES string of the molecule is CCCN1CCCC(C(C)Nc2c(F)cc(F)cc2Cl)C1. The van der Waals surface area contributed by atoms with Gasteiger partial charge < -0.3 is 10.2 Å². The lowest BCUT2D eigenvalue weighted by Crippen LogP contribution is -2.42. The predicted molar refractivity (Wildman–Crippen MR) is 83.9 cm³/mol. The van der Waals surface area contributed by atoms with Crippen molar-refractivity contribution in [2.75, 3.05) is 25.0 Å². The van der Waals surface area contributed by atoms with Gasteiger partial charge in [0.2, 0.25) is 0 Å². The Labute approximate surface area is 130 Å². The van der Waals surface area contributed by atoms with Gasteiger partial charge in [0.15, 0.2) is 5.82 Å². The first-order valence-electron chi connectivity index (χ1n) is 7.64. The molecule has 0 saturated carbocycles. The minimum Gasteiger partial charge on any atom is -0.379 e. The molecular weight excluding hydrogens is 294 g/mol. The van der Waals surface area contributed by atoms with Gasteiger partial charge in [-0.25, -0.2) is 8.78 Å². The molecule has 2 rings (SSSR count). The van der Waals surface area contributed by atoms with E-state index in [9.17, 15) is 8.78 Å². The summed E-state index contributed by atoms with van der Waals surface area (Å²) in [6.45, 7) is 7.48. The normalized spacial score (nSPS) is 21.3. The molecule has 2 atom stereocenters. The smallest absolute Gasteiger partial charge is 0.150 e. The van der Waals surface area contributed by atoms with E-state index in [1.54, 1.807) is 0 Å². The molecule has 1 aromatic carbocycles. The second kappa shape index (κ2) is 7.41. The molecule has 1 heterocycles. The summed E-state index contributed by atoms with van der Waals surface area (Å²) in [7, 11) is 0. The standard InChI is InChI=1S/C16H23ClF2N2/c1-3-6-21-7-4-5-12(10-21)11(2)20-16-14(17)8-13(18)9-15(16)19/h8-9,11-12,20H,3-7,10H2,1-2H3. The predicted octanol–water partition coefficient (Wildman–Crippen LogP) is 4.54. The second-order valence-corrected chi connectivity index (χ2v) is 6.29. The number of nitrogens with zero attached hydrogens (tertiary/aromatic N) is 1. The lowest BCUT2D eigenvalue weighted by atomic mass is 9.91. The minimum absolute atomic E-state index is 0.0978. The number of anilines is 1. The lowest BCUT2D eigenvalue weighted by molar-refractivity contribution is 0.165. The van der Waals surface area contributed by atoms with Crippen molar-refractivity contribution in [1.82, 2.24) is 4.90 Å². The maximum absolute atomic E-state index is 13.8. The van der Waals surface area contributed by atoms with Crippen molar-refractivity contribution in [3.05, 3.63) is 28.8 Å². The van der Waals surface area contributed by atoms with Crippen molar-refractivity contribution in [1.29, 1.82) is 0 Å². The molecule has 1 N–H and O–H groups in total. The third-order valence-corrected chi connectivity index (χ3v) is 4.47. The van der Waals surface area contributed by atoms with Gasteiger partial charge in [0.05, 0.1) is 10.7 Å². The molecule has 0 aromatic heterocycles. The number of halogens is 3. The van der Waals surface area contributed by atoms with E-state index in [0.717, 1.165) is 51.0 Å². The Morgan fingerprint density at radius 2 is 2.19 bits per heavy atom. The molecule has 0 radical (unpaired) electrons. The zero-order valence-corrected chi connectivity index (χ0v) is 13.4. The largest absolute Gasteiger partial charge is 0.379 e. The van der Waals surface area contributed by atoms with E-state index >= 15 is 0 Å². The molecule has 1 fully saturated rings. The Morgan fingerprint density at radius 3 is 2.86 bits per heavy atom. The van der Waals surface area contributed by atoms with E-state index in [1.807, 2.05) is 6.92 Å². The summed E-state index contributed by atoms with van der Waals surface area (Å²) in [6, 6.07) is 2.11. The molecular formula is C16H23ClF2N2. The van der Waals surface area contributed by atoms with Crippen molar-refractivity contribution in [3.63, 3.8) is 0 Å². The second-order valence-electron chi connectivity index (χ2n) is 5.88. The lowest BCUT2D eigenvalue weighted by Gasteiger charge is -2.36. The molecule has 1 saturated heterocycles. The first-order valence-corrected chi connectivity index (χ1v) is 8.02. The average Bonchev–Trinajstić information content (AvgIpc) is 2.43. The highest BCUT2D eigenvalue weighted by Gasteiger charge is 2.25. The summed E-state index contributed by atoms with van der Waals surface area (Å²) in [5, 5.41) is 3.24. The van der Waals surface area contributed by atoms with Crippen molar-refractivity contribution >= 4 is 17.3 Å². The fraction of sp³-hybridized carbons (Fsp3) is 0.625. The van der Waals surface area contributed by atoms with E-state index in [4.69, 9.17) is 11.6 Å². The monoisotopic (exact) mass is 316 g/mol. The fourth-order valence-electron chi connectivity index (χ4n) is 3.04. The summed E-state index contributed by atoms with van der Waals surface area (Å²) < 4.78 is 26.9. The average molecular weight is 317 g/mol. The number of benzene rings is 1. The molecule has 1 aromatic rings. The van der Waals surface area contributed by atoms with Gasteiger partial charge in [-0.05, 0) is 51.3 Å². The first kappa shape index (κ1) is 16.5. The van der Waals surface area contributed by atoms with Crippen LogP contribution in [0.15, 0.2) is 12.1 Å². The molecule has 2 unspecified atom stereocenters. The van der Waals surface area contributed by atoms with Crippen LogP contribution in [-0.2, 0) is 0 Å². The van der Waals surface area contributed by atoms with E-state index in [-0.39, 0.29) is 16.8 Å². The summed E-state index contributed by atoms with van der Waals surface area (Å²) >= 11 is 5.94. The Hall–Kier alpha value is -0.870. The van der Waals surface area contributed by atoms with Crippen LogP contribution in [-0.4, -0.2) is 30.6 Å². The zero-order valence-electron chi connectivity index (χ0n) is 12.6. The summed E-state index contributed by atoms with van der Waals surface area (Å²) in [5.74, 6) is -0.832. The molecule has 1 aliphatic rings. The molecule has 2 nitrogen and oxygen atoms in total. The Bertz CT molecular complexity index is 456. The van der Waals surface area contributed by atoms with Crippen molar-refractivity contribution in [2.24, 2.45) is 5.92 Å². The molecule has 0 aliphatic carbocycles. The van der Waals surface area contributed by atoms with E-state index < -0.39 is 11.6 Å². The molecule has 0 amide bonds. The summed E-state index contributed by atoms with van der Waals surface area (Å²) in [4.78, 5) is 2.45. The van der Waals surface area contributed by atoms with Gasteiger partial charge in [-0.2, -0.15) is 0 Å². The summed E-state index contributed by atoms with van der Waals surface area (Å²) in [5.41, 5.74) is 0.207. The van der Waals surface area contributed by atoms with Crippen LogP contribution in [0.2, 0.25) is 5.02 Å². The number of piperidine rings is 1. The maximum Gasteiger partial charge on any atom is 0.150 e. The van der Waals surface area contributed by atoms with E-state index in [0.29, 0.717) is 5.92 Å². The Kier molecular flexibility index (Phi) is 5.82. The molecule has 0 spiro atoms. The number of nitrogens with one attached hydrogen (secondary N) is 1. The van der Waals surface area contributed by atoms with Crippen LogP contribution in [0.5, 0.6) is 0 Å². The van der Waals surface area contributed by atoms with Gasteiger partial charge in [-0.1, -0.05) is 18.5 Å². The van der Waals surface area contributed by atoms with Gasteiger partial charge in [-0.15, -0.1) is 0 Å². The summed E-state index contributed by atoms with van der Waals surface area (Å²) in [6.07, 6.45) is 3.43. The zero-order chi connectivity index (χ0) is 15.4. The van der Waals surface area contributed by atoms with Crippen molar-refractivity contribution in [3.8, 4) is 0 Å². The van der Waals surface area contributed by atoms with Crippen LogP contribution in [0.25, 0.3) is 0 Å². The van der Waals surface area contributed by atoms with Gasteiger partial charge in [0.1, 0.15) is 5.82 Å². The first-order chi connectivity index (χ1) is 10.0. The van der Waals surface area contributed by atoms with Crippen LogP contribution in [0.3, 0.4) is 0 Å². The number of hydrogen-bond donors (Lipinski definition) is 1. The van der Waals surface area contributed by atoms with Crippen LogP contribution >= 0.6 is 11.6 Å². The van der Waals surface area contributed by atoms with Gasteiger partial charge in [0, 0.05) is 18.7 Å². The van der Waals surface area contributed by atoms with E-state index in [1.165, 1.54) is 0 Å². The minimum atomic E-state index is -0.650. The number of rotatable bonds is 5. The topological polar surface area (TPSA) is 15.3 Å². The highest BCUT2D eigenvalue weighted by Crippen LogP contribution is 2.29. The van der Waals surface area contributed by atoms with Crippen LogP contribution in [0, 0.1) is 17.6 Å². The third-order valence-electron chi connectivity index (χ3n) is 4.17. The highest BCUT2D eigenvalue weighted by molar-refractivity contribution is 6.33. The fourth-order valence-corrected chi connectivity index (χ4v) is 3.29. The van der Waals surface area contributed by atoms with Gasteiger partial charge >= 0.3 is 0 Å². The molecule has 5 heteroatoms. The van der Waals surface area contributed by atoms with Gasteiger partial charge in [-0.3, -0.25) is 0 Å². The molecule has 21 heavy (non-hydrogen) atoms. The van der Waals surface area contributed by atoms with Gasteiger partial charge in [0.25, 0.3) is 0 Å². The number of likely N-dealkylation sites (tertiary alicyclic amines) is 1. The van der Waals surface area contributed by atoms with Crippen LogP contribution in [0.4, 0.5) is 14.5 Å². The van der Waals surface area contributed by atoms with Crippen LogP contribution < -0.4 is 5.32 Å². The van der Waals surface area contributed by atoms with E-state index in [2.05, 4.69) is 17.1 Å². The van der Waals surface area contributed by atoms with Crippen molar-refractivity contribution in [2.45, 2.75) is 39.2 Å². The molecule has 118 valence electrons. The van der Waals surface area contributed by atoms with Crippen LogP contribution in [0.1, 0.15) is 33.1 Å².